The number of phenolic OH excluding ortho intramolecular Hbond substituents is 1. The second-order valence-corrected chi connectivity index (χ2v) is 5.59. The van der Waals surface area contributed by atoms with Gasteiger partial charge < -0.3 is 15.1 Å². The number of amides is 1. The van der Waals surface area contributed by atoms with Crippen LogP contribution in [0.15, 0.2) is 24.3 Å². The van der Waals surface area contributed by atoms with Crippen molar-refractivity contribution in [2.75, 3.05) is 0 Å². The highest BCUT2D eigenvalue weighted by Crippen LogP contribution is 2.27. The Morgan fingerprint density at radius 3 is 2.52 bits per heavy atom. The normalized spacial score (nSPS) is 16.6. The molecule has 1 aromatic carbocycles. The summed E-state index contributed by atoms with van der Waals surface area (Å²) in [6.07, 6.45) is 4.01. The summed E-state index contributed by atoms with van der Waals surface area (Å²) in [4.78, 5) is 25.1. The van der Waals surface area contributed by atoms with Crippen LogP contribution in [0.5, 0.6) is 5.75 Å². The number of benzene rings is 1. The zero-order valence-electron chi connectivity index (χ0n) is 12.2. The third-order valence-electron chi connectivity index (χ3n) is 4.04. The van der Waals surface area contributed by atoms with Crippen molar-refractivity contribution in [1.29, 1.82) is 0 Å². The van der Waals surface area contributed by atoms with Crippen LogP contribution in [0.2, 0.25) is 0 Å². The van der Waals surface area contributed by atoms with E-state index in [4.69, 9.17) is 0 Å². The van der Waals surface area contributed by atoms with E-state index < -0.39 is 12.0 Å². The molecule has 1 amide bonds. The summed E-state index contributed by atoms with van der Waals surface area (Å²) in [6, 6.07) is 5.66. The molecule has 0 aromatic heterocycles. The standard InChI is InChI=1S/C16H21NO4/c1-11(18)17(13-6-2-3-7-13)15(16(20)21)10-12-5-4-8-14(19)9-12/h4-5,8-9,13,15,19H,2-3,6-7,10H2,1H3,(H,20,21). The Kier molecular flexibility index (Phi) is 4.83. The first-order chi connectivity index (χ1) is 9.99. The molecular weight excluding hydrogens is 270 g/mol. The van der Waals surface area contributed by atoms with E-state index >= 15 is 0 Å². The Morgan fingerprint density at radius 1 is 1.33 bits per heavy atom. The lowest BCUT2D eigenvalue weighted by molar-refractivity contribution is -0.151. The predicted octanol–water partition coefficient (Wildman–Crippen LogP) is 2.18. The lowest BCUT2D eigenvalue weighted by atomic mass is 10.0. The van der Waals surface area contributed by atoms with Crippen LogP contribution in [-0.4, -0.2) is 39.1 Å². The van der Waals surface area contributed by atoms with Gasteiger partial charge in [0.05, 0.1) is 0 Å². The molecule has 0 bridgehead atoms. The number of aliphatic carboxylic acids is 1. The van der Waals surface area contributed by atoms with Crippen LogP contribution in [0.25, 0.3) is 0 Å². The Bertz CT molecular complexity index is 523. The number of aromatic hydroxyl groups is 1. The Balaban J connectivity index is 2.23. The molecule has 5 nitrogen and oxygen atoms in total. The molecule has 1 aliphatic carbocycles. The molecule has 2 N–H and O–H groups in total. The maximum Gasteiger partial charge on any atom is 0.326 e. The third kappa shape index (κ3) is 3.74. The van der Waals surface area contributed by atoms with Gasteiger partial charge in [0.25, 0.3) is 0 Å². The van der Waals surface area contributed by atoms with Crippen molar-refractivity contribution in [2.45, 2.75) is 51.1 Å². The molecule has 0 aliphatic heterocycles. The fourth-order valence-corrected chi connectivity index (χ4v) is 3.12. The van der Waals surface area contributed by atoms with Gasteiger partial charge in [-0.1, -0.05) is 25.0 Å². The van der Waals surface area contributed by atoms with Crippen LogP contribution < -0.4 is 0 Å². The topological polar surface area (TPSA) is 77.8 Å². The third-order valence-corrected chi connectivity index (χ3v) is 4.04. The Labute approximate surface area is 124 Å². The van der Waals surface area contributed by atoms with Crippen molar-refractivity contribution in [2.24, 2.45) is 0 Å². The molecule has 0 spiro atoms. The van der Waals surface area contributed by atoms with E-state index in [2.05, 4.69) is 0 Å². The summed E-state index contributed by atoms with van der Waals surface area (Å²) in [5.74, 6) is -1.10. The number of carboxylic acid groups (broad SMARTS) is 1. The smallest absolute Gasteiger partial charge is 0.326 e. The van der Waals surface area contributed by atoms with Crippen molar-refractivity contribution in [3.05, 3.63) is 29.8 Å². The summed E-state index contributed by atoms with van der Waals surface area (Å²) >= 11 is 0. The van der Waals surface area contributed by atoms with E-state index in [1.54, 1.807) is 24.3 Å². The maximum absolute atomic E-state index is 11.9. The second-order valence-electron chi connectivity index (χ2n) is 5.59. The van der Waals surface area contributed by atoms with Gasteiger partial charge in [-0.3, -0.25) is 4.79 Å². The molecule has 0 heterocycles. The molecule has 1 fully saturated rings. The Morgan fingerprint density at radius 2 is 2.00 bits per heavy atom. The van der Waals surface area contributed by atoms with Gasteiger partial charge in [-0.15, -0.1) is 0 Å². The van der Waals surface area contributed by atoms with E-state index in [0.717, 1.165) is 25.7 Å². The lowest BCUT2D eigenvalue weighted by Gasteiger charge is -2.33. The first kappa shape index (κ1) is 15.4. The number of rotatable bonds is 5. The van der Waals surface area contributed by atoms with Gasteiger partial charge in [-0.05, 0) is 30.5 Å². The van der Waals surface area contributed by atoms with Crippen LogP contribution in [0.1, 0.15) is 38.2 Å². The Hall–Kier alpha value is -2.04. The highest BCUT2D eigenvalue weighted by Gasteiger charge is 2.34. The second kappa shape index (κ2) is 6.61. The fraction of sp³-hybridized carbons (Fsp3) is 0.500. The van der Waals surface area contributed by atoms with Crippen LogP contribution in [-0.2, 0) is 16.0 Å². The minimum Gasteiger partial charge on any atom is -0.508 e. The zero-order chi connectivity index (χ0) is 15.4. The fourth-order valence-electron chi connectivity index (χ4n) is 3.12. The van der Waals surface area contributed by atoms with Gasteiger partial charge in [-0.2, -0.15) is 0 Å². The quantitative estimate of drug-likeness (QED) is 0.871. The molecule has 2 rings (SSSR count). The monoisotopic (exact) mass is 291 g/mol. The summed E-state index contributed by atoms with van der Waals surface area (Å²) in [5.41, 5.74) is 0.714. The first-order valence-electron chi connectivity index (χ1n) is 7.28. The number of phenols is 1. The van der Waals surface area contributed by atoms with Crippen LogP contribution >= 0.6 is 0 Å². The van der Waals surface area contributed by atoms with Crippen molar-refractivity contribution in [3.63, 3.8) is 0 Å². The number of hydrogen-bond donors (Lipinski definition) is 2. The molecule has 1 saturated carbocycles. The summed E-state index contributed by atoms with van der Waals surface area (Å²) in [6.45, 7) is 1.43. The molecule has 114 valence electrons. The molecule has 0 saturated heterocycles. The number of hydrogen-bond acceptors (Lipinski definition) is 3. The van der Waals surface area contributed by atoms with Gasteiger partial charge in [0.1, 0.15) is 11.8 Å². The minimum absolute atomic E-state index is 0.0147. The predicted molar refractivity (Wildman–Crippen MR) is 78.0 cm³/mol. The molecule has 0 radical (unpaired) electrons. The molecular formula is C16H21NO4. The molecule has 1 aliphatic rings. The van der Waals surface area contributed by atoms with Crippen molar-refractivity contribution in [1.82, 2.24) is 4.90 Å². The molecule has 1 atom stereocenters. The number of carboxylic acids is 1. The minimum atomic E-state index is -1.000. The number of nitrogens with zero attached hydrogens (tertiary/aromatic N) is 1. The van der Waals surface area contributed by atoms with E-state index in [-0.39, 0.29) is 24.1 Å². The van der Waals surface area contributed by atoms with Crippen molar-refractivity contribution >= 4 is 11.9 Å². The zero-order valence-corrected chi connectivity index (χ0v) is 12.2. The highest BCUT2D eigenvalue weighted by molar-refractivity contribution is 5.82. The van der Waals surface area contributed by atoms with Gasteiger partial charge in [0.15, 0.2) is 0 Å². The van der Waals surface area contributed by atoms with E-state index in [0.29, 0.717) is 5.56 Å². The summed E-state index contributed by atoms with van der Waals surface area (Å²) < 4.78 is 0. The average Bonchev–Trinajstić information content (AvgIpc) is 2.91. The van der Waals surface area contributed by atoms with E-state index in [1.165, 1.54) is 11.8 Å². The molecule has 5 heteroatoms. The van der Waals surface area contributed by atoms with Crippen molar-refractivity contribution < 1.29 is 19.8 Å². The van der Waals surface area contributed by atoms with Gasteiger partial charge in [-0.25, -0.2) is 4.79 Å². The largest absolute Gasteiger partial charge is 0.508 e. The summed E-state index contributed by atoms with van der Waals surface area (Å²) in [7, 11) is 0. The van der Waals surface area contributed by atoms with Crippen LogP contribution in [0, 0.1) is 0 Å². The maximum atomic E-state index is 11.9. The van der Waals surface area contributed by atoms with Crippen LogP contribution in [0.4, 0.5) is 0 Å². The SMILES string of the molecule is CC(=O)N(C1CCCC1)C(Cc1cccc(O)c1)C(=O)O. The van der Waals surface area contributed by atoms with E-state index in [1.807, 2.05) is 0 Å². The molecule has 21 heavy (non-hydrogen) atoms. The highest BCUT2D eigenvalue weighted by atomic mass is 16.4. The van der Waals surface area contributed by atoms with Gasteiger partial charge in [0, 0.05) is 19.4 Å². The van der Waals surface area contributed by atoms with Gasteiger partial charge in [0.2, 0.25) is 5.91 Å². The van der Waals surface area contributed by atoms with Gasteiger partial charge >= 0.3 is 5.97 Å². The summed E-state index contributed by atoms with van der Waals surface area (Å²) in [5, 5.41) is 19.0. The average molecular weight is 291 g/mol. The number of carbonyl (C=O) groups excluding carboxylic acids is 1. The lowest BCUT2D eigenvalue weighted by Crippen LogP contribution is -2.50. The number of carbonyl (C=O) groups is 2. The van der Waals surface area contributed by atoms with Crippen molar-refractivity contribution in [3.8, 4) is 5.75 Å². The first-order valence-corrected chi connectivity index (χ1v) is 7.28. The molecule has 1 unspecified atom stereocenters. The molecule has 1 aromatic rings. The van der Waals surface area contributed by atoms with E-state index in [9.17, 15) is 19.8 Å². The van der Waals surface area contributed by atoms with Crippen LogP contribution in [0.3, 0.4) is 0 Å².